The first-order chi connectivity index (χ1) is 8.43. The highest BCUT2D eigenvalue weighted by Crippen LogP contribution is 2.13. The molecule has 100 valence electrons. The Morgan fingerprint density at radius 1 is 1.50 bits per heavy atom. The van der Waals surface area contributed by atoms with Crippen LogP contribution in [0.2, 0.25) is 0 Å². The number of nitrogens with two attached hydrogens (primary N) is 2. The van der Waals surface area contributed by atoms with Crippen LogP contribution in [0.15, 0.2) is 23.2 Å². The molecule has 0 aliphatic heterocycles. The van der Waals surface area contributed by atoms with Gasteiger partial charge in [0, 0.05) is 12.7 Å². The van der Waals surface area contributed by atoms with Gasteiger partial charge in [-0.15, -0.1) is 0 Å². The zero-order valence-corrected chi connectivity index (χ0v) is 10.3. The monoisotopic (exact) mass is 274 g/mol. The van der Waals surface area contributed by atoms with Gasteiger partial charge >= 0.3 is 0 Å². The molecule has 0 aliphatic rings. The van der Waals surface area contributed by atoms with E-state index in [1.807, 2.05) is 0 Å². The van der Waals surface area contributed by atoms with E-state index in [0.717, 1.165) is 0 Å². The molecule has 18 heavy (non-hydrogen) atoms. The van der Waals surface area contributed by atoms with E-state index in [1.165, 1.54) is 18.3 Å². The normalized spacial score (nSPS) is 11.3. The van der Waals surface area contributed by atoms with Gasteiger partial charge < -0.3 is 16.2 Å². The minimum atomic E-state index is -3.73. The number of sulfonamides is 1. The summed E-state index contributed by atoms with van der Waals surface area (Å²) < 4.78 is 30.6. The largest absolute Gasteiger partial charge is 0.383 e. The van der Waals surface area contributed by atoms with E-state index < -0.39 is 15.9 Å². The predicted molar refractivity (Wildman–Crippen MR) is 63.9 cm³/mol. The van der Waals surface area contributed by atoms with Crippen molar-refractivity contribution in [2.24, 2.45) is 5.73 Å². The van der Waals surface area contributed by atoms with Gasteiger partial charge in [-0.3, -0.25) is 4.79 Å². The van der Waals surface area contributed by atoms with E-state index in [9.17, 15) is 13.2 Å². The highest BCUT2D eigenvalue weighted by Gasteiger charge is 2.16. The van der Waals surface area contributed by atoms with Crippen LogP contribution in [-0.2, 0) is 19.6 Å². The molecule has 5 N–H and O–H groups in total. The fraction of sp³-hybridized carbons (Fsp3) is 0.333. The summed E-state index contributed by atoms with van der Waals surface area (Å²) in [5.41, 5.74) is 10.3. The molecule has 1 heterocycles. The average molecular weight is 274 g/mol. The highest BCUT2D eigenvalue weighted by molar-refractivity contribution is 7.89. The van der Waals surface area contributed by atoms with E-state index >= 15 is 0 Å². The molecule has 0 aromatic carbocycles. The van der Waals surface area contributed by atoms with E-state index in [-0.39, 0.29) is 30.5 Å². The Kier molecular flexibility index (Phi) is 5.01. The minimum absolute atomic E-state index is 0.00392. The third kappa shape index (κ3) is 4.28. The van der Waals surface area contributed by atoms with Crippen molar-refractivity contribution < 1.29 is 17.9 Å². The Labute approximate surface area is 104 Å². The first-order valence-electron chi connectivity index (χ1n) is 4.99. The van der Waals surface area contributed by atoms with Gasteiger partial charge in [-0.2, -0.15) is 0 Å². The first kappa shape index (κ1) is 14.4. The maximum absolute atomic E-state index is 11.8. The molecule has 1 aromatic rings. The summed E-state index contributed by atoms with van der Waals surface area (Å²) in [6, 6.07) is 2.81. The van der Waals surface area contributed by atoms with Crippen LogP contribution < -0.4 is 16.2 Å². The summed E-state index contributed by atoms with van der Waals surface area (Å²) in [4.78, 5) is 13.9. The van der Waals surface area contributed by atoms with Crippen molar-refractivity contribution in [1.29, 1.82) is 0 Å². The molecule has 0 aliphatic carbocycles. The van der Waals surface area contributed by atoms with Gasteiger partial charge in [-0.25, -0.2) is 18.1 Å². The fourth-order valence-electron chi connectivity index (χ4n) is 1.13. The summed E-state index contributed by atoms with van der Waals surface area (Å²) in [6.07, 6.45) is 1.39. The van der Waals surface area contributed by atoms with E-state index in [4.69, 9.17) is 16.2 Å². The number of nitrogen functional groups attached to an aromatic ring is 1. The van der Waals surface area contributed by atoms with Crippen molar-refractivity contribution in [3.8, 4) is 0 Å². The Morgan fingerprint density at radius 2 is 2.22 bits per heavy atom. The number of nitrogens with one attached hydrogen (secondary N) is 1. The zero-order valence-electron chi connectivity index (χ0n) is 9.50. The molecule has 0 bridgehead atoms. The van der Waals surface area contributed by atoms with Crippen molar-refractivity contribution in [1.82, 2.24) is 9.71 Å². The van der Waals surface area contributed by atoms with Gasteiger partial charge in [-0.1, -0.05) is 0 Å². The number of pyridine rings is 1. The van der Waals surface area contributed by atoms with Crippen LogP contribution in [-0.4, -0.2) is 39.1 Å². The zero-order chi connectivity index (χ0) is 13.6. The molecule has 0 fully saturated rings. The van der Waals surface area contributed by atoms with Gasteiger partial charge in [0.1, 0.15) is 17.3 Å². The smallest absolute Gasteiger partial charge is 0.244 e. The molecule has 0 unspecified atom stereocenters. The van der Waals surface area contributed by atoms with Gasteiger partial charge in [0.05, 0.1) is 6.61 Å². The maximum atomic E-state index is 11.8. The van der Waals surface area contributed by atoms with Crippen LogP contribution in [0.5, 0.6) is 0 Å². The van der Waals surface area contributed by atoms with Crippen LogP contribution >= 0.6 is 0 Å². The molecular weight excluding hydrogens is 260 g/mol. The van der Waals surface area contributed by atoms with Gasteiger partial charge in [0.25, 0.3) is 0 Å². The van der Waals surface area contributed by atoms with Crippen LogP contribution in [0.4, 0.5) is 5.82 Å². The van der Waals surface area contributed by atoms with Crippen LogP contribution in [0.25, 0.3) is 0 Å². The quantitative estimate of drug-likeness (QED) is 0.514. The number of rotatable bonds is 7. The predicted octanol–water partition coefficient (Wildman–Crippen LogP) is -1.56. The SMILES string of the molecule is NC(=O)COCCNS(=O)(=O)c1cccnc1N. The number of anilines is 1. The van der Waals surface area contributed by atoms with Crippen LogP contribution in [0, 0.1) is 0 Å². The second-order valence-electron chi connectivity index (χ2n) is 3.30. The molecule has 0 spiro atoms. The molecule has 0 radical (unpaired) electrons. The number of primary amides is 1. The topological polar surface area (TPSA) is 137 Å². The highest BCUT2D eigenvalue weighted by atomic mass is 32.2. The molecule has 1 aromatic heterocycles. The Bertz CT molecular complexity index is 517. The van der Waals surface area contributed by atoms with E-state index in [1.54, 1.807) is 0 Å². The molecule has 0 saturated heterocycles. The summed E-state index contributed by atoms with van der Waals surface area (Å²) in [5, 5.41) is 0. The number of aromatic nitrogens is 1. The number of carbonyl (C=O) groups is 1. The molecule has 0 saturated carbocycles. The Balaban J connectivity index is 2.51. The minimum Gasteiger partial charge on any atom is -0.383 e. The molecule has 1 rings (SSSR count). The average Bonchev–Trinajstić information content (AvgIpc) is 2.28. The molecular formula is C9H14N4O4S. The van der Waals surface area contributed by atoms with Crippen molar-refractivity contribution in [2.45, 2.75) is 4.90 Å². The van der Waals surface area contributed by atoms with Crippen LogP contribution in [0.1, 0.15) is 0 Å². The van der Waals surface area contributed by atoms with Crippen molar-refractivity contribution in [2.75, 3.05) is 25.5 Å². The van der Waals surface area contributed by atoms with Crippen molar-refractivity contribution >= 4 is 21.7 Å². The standard InChI is InChI=1S/C9H14N4O4S/c10-8(14)6-17-5-4-13-18(15,16)7-2-1-3-12-9(7)11/h1-3,13H,4-6H2,(H2,10,14)(H2,11,12). The summed E-state index contributed by atoms with van der Waals surface area (Å²) in [6.45, 7) is -0.219. The lowest BCUT2D eigenvalue weighted by Gasteiger charge is -2.08. The van der Waals surface area contributed by atoms with Crippen molar-refractivity contribution in [3.63, 3.8) is 0 Å². The summed E-state index contributed by atoms with van der Waals surface area (Å²) >= 11 is 0. The number of carbonyl (C=O) groups excluding carboxylic acids is 1. The molecule has 1 amide bonds. The lowest BCUT2D eigenvalue weighted by molar-refractivity contribution is -0.122. The first-order valence-corrected chi connectivity index (χ1v) is 6.48. The lowest BCUT2D eigenvalue weighted by Crippen LogP contribution is -2.29. The maximum Gasteiger partial charge on any atom is 0.244 e. The Hall–Kier alpha value is -1.71. The molecule has 0 atom stereocenters. The fourth-order valence-corrected chi connectivity index (χ4v) is 2.22. The number of ether oxygens (including phenoxy) is 1. The van der Waals surface area contributed by atoms with Crippen LogP contribution in [0.3, 0.4) is 0 Å². The van der Waals surface area contributed by atoms with E-state index in [2.05, 4.69) is 9.71 Å². The van der Waals surface area contributed by atoms with Gasteiger partial charge in [0.2, 0.25) is 15.9 Å². The molecule has 9 heteroatoms. The summed E-state index contributed by atoms with van der Waals surface area (Å²) in [7, 11) is -3.73. The molecule has 8 nitrogen and oxygen atoms in total. The lowest BCUT2D eigenvalue weighted by atomic mass is 10.5. The second-order valence-corrected chi connectivity index (χ2v) is 5.04. The third-order valence-electron chi connectivity index (χ3n) is 1.87. The Morgan fingerprint density at radius 3 is 2.83 bits per heavy atom. The van der Waals surface area contributed by atoms with Gasteiger partial charge in [0.15, 0.2) is 0 Å². The summed E-state index contributed by atoms with van der Waals surface area (Å²) in [5.74, 6) is -0.697. The number of hydrogen-bond acceptors (Lipinski definition) is 6. The number of amides is 1. The van der Waals surface area contributed by atoms with Crippen molar-refractivity contribution in [3.05, 3.63) is 18.3 Å². The number of nitrogens with zero attached hydrogens (tertiary/aromatic N) is 1. The van der Waals surface area contributed by atoms with E-state index in [0.29, 0.717) is 0 Å². The third-order valence-corrected chi connectivity index (χ3v) is 3.38. The van der Waals surface area contributed by atoms with Gasteiger partial charge in [-0.05, 0) is 12.1 Å². The number of hydrogen-bond donors (Lipinski definition) is 3. The second kappa shape index (κ2) is 6.28.